The minimum absolute atomic E-state index is 0.687. The molecule has 0 saturated heterocycles. The zero-order valence-corrected chi connectivity index (χ0v) is 13.3. The predicted molar refractivity (Wildman–Crippen MR) is 86.9 cm³/mol. The van der Waals surface area contributed by atoms with Crippen LogP contribution in [0.3, 0.4) is 0 Å². The number of hydrogen-bond donors (Lipinski definition) is 1. The molecule has 2 N–H and O–H groups in total. The summed E-state index contributed by atoms with van der Waals surface area (Å²) in [5, 5.41) is 4.55. The Balaban J connectivity index is 1.93. The van der Waals surface area contributed by atoms with Crippen LogP contribution in [0.4, 0.5) is 5.82 Å². The van der Waals surface area contributed by atoms with E-state index in [-0.39, 0.29) is 0 Å². The largest absolute Gasteiger partial charge is 0.469 e. The van der Waals surface area contributed by atoms with Gasteiger partial charge in [0.25, 0.3) is 0 Å². The third kappa shape index (κ3) is 2.88. The van der Waals surface area contributed by atoms with Gasteiger partial charge in [0.05, 0.1) is 12.0 Å². The van der Waals surface area contributed by atoms with Gasteiger partial charge in [-0.15, -0.1) is 0 Å². The smallest absolute Gasteiger partial charge is 0.129 e. The fraction of sp³-hybridized carbons (Fsp3) is 0.188. The Labute approximate surface area is 131 Å². The first kappa shape index (κ1) is 13.9. The molecule has 0 aliphatic carbocycles. The van der Waals surface area contributed by atoms with Crippen LogP contribution in [0.5, 0.6) is 0 Å². The lowest BCUT2D eigenvalue weighted by Crippen LogP contribution is -1.98. The molecule has 2 aromatic heterocycles. The lowest BCUT2D eigenvalue weighted by molar-refractivity contribution is 0.507. The van der Waals surface area contributed by atoms with Gasteiger partial charge in [0.1, 0.15) is 11.6 Å². The molecule has 3 aromatic rings. The number of furan rings is 1. The maximum atomic E-state index is 6.19. The average Bonchev–Trinajstić information content (AvgIpc) is 3.08. The Morgan fingerprint density at radius 2 is 1.95 bits per heavy atom. The summed E-state index contributed by atoms with van der Waals surface area (Å²) in [5.74, 6) is 1.65. The summed E-state index contributed by atoms with van der Waals surface area (Å²) in [7, 11) is 1.87. The highest BCUT2D eigenvalue weighted by Crippen LogP contribution is 2.31. The van der Waals surface area contributed by atoms with Gasteiger partial charge in [-0.3, -0.25) is 4.68 Å². The molecule has 108 valence electrons. The molecule has 0 saturated carbocycles. The summed E-state index contributed by atoms with van der Waals surface area (Å²) in [6.07, 6.45) is 3.30. The number of hydrogen-bond acceptors (Lipinski definition) is 3. The Hall–Kier alpha value is -2.01. The molecule has 0 radical (unpaired) electrons. The molecule has 0 amide bonds. The summed E-state index contributed by atoms with van der Waals surface area (Å²) in [5.41, 5.74) is 9.27. The van der Waals surface area contributed by atoms with Crippen molar-refractivity contribution < 1.29 is 4.42 Å². The van der Waals surface area contributed by atoms with Crippen LogP contribution in [0.15, 0.2) is 51.6 Å². The minimum atomic E-state index is 0.687. The highest BCUT2D eigenvalue weighted by atomic mass is 79.9. The molecule has 0 unspecified atom stereocenters. The van der Waals surface area contributed by atoms with E-state index in [1.54, 1.807) is 10.9 Å². The van der Waals surface area contributed by atoms with E-state index < -0.39 is 0 Å². The van der Waals surface area contributed by atoms with E-state index in [4.69, 9.17) is 10.2 Å². The Morgan fingerprint density at radius 3 is 2.62 bits per heavy atom. The zero-order chi connectivity index (χ0) is 14.8. The van der Waals surface area contributed by atoms with E-state index in [0.717, 1.165) is 39.9 Å². The number of nitrogens with two attached hydrogens (primary N) is 1. The summed E-state index contributed by atoms with van der Waals surface area (Å²) < 4.78 is 8.16. The van der Waals surface area contributed by atoms with E-state index >= 15 is 0 Å². The topological polar surface area (TPSA) is 57.0 Å². The quantitative estimate of drug-likeness (QED) is 0.782. The second kappa shape index (κ2) is 5.77. The van der Waals surface area contributed by atoms with Crippen molar-refractivity contribution in [3.05, 3.63) is 58.6 Å². The molecular formula is C16H16BrN3O. The van der Waals surface area contributed by atoms with Crippen molar-refractivity contribution in [2.24, 2.45) is 7.05 Å². The van der Waals surface area contributed by atoms with Crippen molar-refractivity contribution in [1.82, 2.24) is 9.78 Å². The van der Waals surface area contributed by atoms with Gasteiger partial charge in [0.15, 0.2) is 0 Å². The molecular weight excluding hydrogens is 330 g/mol. The van der Waals surface area contributed by atoms with E-state index in [1.165, 1.54) is 0 Å². The van der Waals surface area contributed by atoms with Crippen LogP contribution in [0.25, 0.3) is 11.1 Å². The number of anilines is 1. The molecule has 0 fully saturated rings. The minimum Gasteiger partial charge on any atom is -0.469 e. The van der Waals surface area contributed by atoms with Gasteiger partial charge in [-0.2, -0.15) is 5.10 Å². The third-order valence-electron chi connectivity index (χ3n) is 3.49. The molecule has 21 heavy (non-hydrogen) atoms. The molecule has 0 aliphatic rings. The molecule has 0 atom stereocenters. The number of aryl methyl sites for hydroxylation is 3. The molecule has 4 nitrogen and oxygen atoms in total. The summed E-state index contributed by atoms with van der Waals surface area (Å²) >= 11 is 3.45. The zero-order valence-electron chi connectivity index (χ0n) is 11.7. The maximum absolute atomic E-state index is 6.19. The Morgan fingerprint density at radius 1 is 1.19 bits per heavy atom. The second-order valence-corrected chi connectivity index (χ2v) is 5.83. The van der Waals surface area contributed by atoms with E-state index in [9.17, 15) is 0 Å². The fourth-order valence-corrected chi connectivity index (χ4v) is 2.66. The third-order valence-corrected chi connectivity index (χ3v) is 4.01. The number of nitrogens with zero attached hydrogens (tertiary/aromatic N) is 2. The monoisotopic (exact) mass is 345 g/mol. The van der Waals surface area contributed by atoms with Gasteiger partial charge in [0.2, 0.25) is 0 Å². The van der Waals surface area contributed by atoms with Gasteiger partial charge in [0, 0.05) is 23.5 Å². The lowest BCUT2D eigenvalue weighted by atomic mass is 10.0. The van der Waals surface area contributed by atoms with Gasteiger partial charge in [-0.1, -0.05) is 28.1 Å². The number of benzene rings is 1. The number of halogens is 1. The van der Waals surface area contributed by atoms with Crippen LogP contribution < -0.4 is 5.73 Å². The first-order valence-electron chi connectivity index (χ1n) is 6.75. The molecule has 2 heterocycles. The van der Waals surface area contributed by atoms with Crippen LogP contribution in [-0.2, 0) is 19.9 Å². The molecule has 0 bridgehead atoms. The SMILES string of the molecule is Cn1nc(CCc2ccco2)c(-c2ccc(Br)cc2)c1N. The molecule has 5 heteroatoms. The van der Waals surface area contributed by atoms with Gasteiger partial charge >= 0.3 is 0 Å². The second-order valence-electron chi connectivity index (χ2n) is 4.92. The van der Waals surface area contributed by atoms with Crippen molar-refractivity contribution in [3.63, 3.8) is 0 Å². The van der Waals surface area contributed by atoms with Crippen LogP contribution in [0.2, 0.25) is 0 Å². The average molecular weight is 346 g/mol. The van der Waals surface area contributed by atoms with Crippen LogP contribution in [0.1, 0.15) is 11.5 Å². The molecule has 0 aliphatic heterocycles. The summed E-state index contributed by atoms with van der Waals surface area (Å²) in [6, 6.07) is 12.0. The predicted octanol–water partition coefficient (Wildman–Crippen LogP) is 3.81. The van der Waals surface area contributed by atoms with Crippen molar-refractivity contribution in [3.8, 4) is 11.1 Å². The maximum Gasteiger partial charge on any atom is 0.129 e. The van der Waals surface area contributed by atoms with Crippen molar-refractivity contribution >= 4 is 21.7 Å². The van der Waals surface area contributed by atoms with Crippen molar-refractivity contribution in [2.45, 2.75) is 12.8 Å². The first-order chi connectivity index (χ1) is 10.1. The molecule has 0 spiro atoms. The van der Waals surface area contributed by atoms with E-state index in [0.29, 0.717) is 5.82 Å². The molecule has 1 aromatic carbocycles. The lowest BCUT2D eigenvalue weighted by Gasteiger charge is -2.04. The van der Waals surface area contributed by atoms with Gasteiger partial charge in [-0.05, 0) is 36.2 Å². The van der Waals surface area contributed by atoms with Gasteiger partial charge in [-0.25, -0.2) is 0 Å². The van der Waals surface area contributed by atoms with Crippen LogP contribution >= 0.6 is 15.9 Å². The van der Waals surface area contributed by atoms with Crippen molar-refractivity contribution in [1.29, 1.82) is 0 Å². The molecule has 3 rings (SSSR count). The van der Waals surface area contributed by atoms with Crippen molar-refractivity contribution in [2.75, 3.05) is 5.73 Å². The first-order valence-corrected chi connectivity index (χ1v) is 7.54. The Bertz CT molecular complexity index is 730. The number of aromatic nitrogens is 2. The summed E-state index contributed by atoms with van der Waals surface area (Å²) in [4.78, 5) is 0. The number of nitrogen functional groups attached to an aromatic ring is 1. The van der Waals surface area contributed by atoms with E-state index in [1.807, 2.05) is 43.4 Å². The highest BCUT2D eigenvalue weighted by Gasteiger charge is 2.16. The van der Waals surface area contributed by atoms with Crippen LogP contribution in [0, 0.1) is 0 Å². The van der Waals surface area contributed by atoms with Gasteiger partial charge < -0.3 is 10.2 Å². The standard InChI is InChI=1S/C16H16BrN3O/c1-20-16(18)15(11-4-6-12(17)7-5-11)14(19-20)9-8-13-3-2-10-21-13/h2-7,10H,8-9,18H2,1H3. The fourth-order valence-electron chi connectivity index (χ4n) is 2.40. The Kier molecular flexibility index (Phi) is 3.84. The number of rotatable bonds is 4. The normalized spacial score (nSPS) is 11.0. The highest BCUT2D eigenvalue weighted by molar-refractivity contribution is 9.10. The summed E-state index contributed by atoms with van der Waals surface area (Å²) in [6.45, 7) is 0. The van der Waals surface area contributed by atoms with E-state index in [2.05, 4.69) is 21.0 Å². The van der Waals surface area contributed by atoms with Crippen LogP contribution in [-0.4, -0.2) is 9.78 Å².